The zero-order valence-corrected chi connectivity index (χ0v) is 43.8. The van der Waals surface area contributed by atoms with Gasteiger partial charge in [0.2, 0.25) is 5.91 Å². The SMILES string of the molecule is CCCCCCCCCCCCCCCCCCCCCCCCC/C=C/CC/C=C/CCCC(O)C(O)C(CO)NC(=O)C(O)CCCCCCCCCCCCCCCCCCC. The number of carbonyl (C=O) groups excluding carboxylic acids is 1. The zero-order valence-electron chi connectivity index (χ0n) is 43.8. The molecule has 0 aliphatic carbocycles. The van der Waals surface area contributed by atoms with Gasteiger partial charge in [-0.05, 0) is 51.4 Å². The van der Waals surface area contributed by atoms with Crippen molar-refractivity contribution in [2.45, 2.75) is 340 Å². The second-order valence-electron chi connectivity index (χ2n) is 20.3. The normalized spacial score (nSPS) is 13.9. The van der Waals surface area contributed by atoms with E-state index < -0.39 is 36.9 Å². The molecule has 6 nitrogen and oxygen atoms in total. The number of aliphatic hydroxyl groups is 4. The van der Waals surface area contributed by atoms with E-state index in [0.29, 0.717) is 19.3 Å². The summed E-state index contributed by atoms with van der Waals surface area (Å²) in [5.74, 6) is -0.593. The van der Waals surface area contributed by atoms with Gasteiger partial charge in [-0.3, -0.25) is 4.79 Å². The maximum absolute atomic E-state index is 12.6. The van der Waals surface area contributed by atoms with Crippen LogP contribution in [0, 0.1) is 0 Å². The van der Waals surface area contributed by atoms with Crippen molar-refractivity contribution in [1.29, 1.82) is 0 Å². The lowest BCUT2D eigenvalue weighted by molar-refractivity contribution is -0.132. The van der Waals surface area contributed by atoms with Gasteiger partial charge in [0.25, 0.3) is 0 Å². The fourth-order valence-electron chi connectivity index (χ4n) is 9.31. The minimum Gasteiger partial charge on any atom is -0.394 e. The average Bonchev–Trinajstić information content (AvgIpc) is 3.31. The Morgan fingerprint density at radius 2 is 0.646 bits per heavy atom. The molecule has 0 aromatic carbocycles. The lowest BCUT2D eigenvalue weighted by Crippen LogP contribution is -2.53. The highest BCUT2D eigenvalue weighted by Crippen LogP contribution is 2.18. The summed E-state index contributed by atoms with van der Waals surface area (Å²) in [6.07, 6.45) is 65.5. The molecule has 4 unspecified atom stereocenters. The molecule has 386 valence electrons. The molecule has 0 aliphatic heterocycles. The van der Waals surface area contributed by atoms with Crippen molar-refractivity contribution in [2.75, 3.05) is 6.61 Å². The summed E-state index contributed by atoms with van der Waals surface area (Å²) in [5, 5.41) is 43.9. The van der Waals surface area contributed by atoms with Crippen LogP contribution in [-0.2, 0) is 4.79 Å². The third kappa shape index (κ3) is 47.6. The lowest BCUT2D eigenvalue weighted by atomic mass is 10.00. The van der Waals surface area contributed by atoms with Gasteiger partial charge in [0.1, 0.15) is 12.2 Å². The van der Waals surface area contributed by atoms with Crippen molar-refractivity contribution in [3.05, 3.63) is 24.3 Å². The molecular formula is C59H115NO5. The van der Waals surface area contributed by atoms with Crippen LogP contribution in [0.1, 0.15) is 316 Å². The Labute approximate surface area is 405 Å². The molecule has 0 fully saturated rings. The third-order valence-electron chi connectivity index (χ3n) is 13.9. The van der Waals surface area contributed by atoms with Gasteiger partial charge in [0, 0.05) is 0 Å². The first-order chi connectivity index (χ1) is 32.0. The van der Waals surface area contributed by atoms with Gasteiger partial charge in [0.15, 0.2) is 0 Å². The number of rotatable bonds is 54. The second kappa shape index (κ2) is 53.7. The van der Waals surface area contributed by atoms with Crippen molar-refractivity contribution >= 4 is 5.91 Å². The van der Waals surface area contributed by atoms with E-state index in [0.717, 1.165) is 38.5 Å². The van der Waals surface area contributed by atoms with Crippen molar-refractivity contribution < 1.29 is 25.2 Å². The Hall–Kier alpha value is -1.21. The number of amides is 1. The molecule has 0 saturated heterocycles. The molecule has 0 bridgehead atoms. The van der Waals surface area contributed by atoms with Crippen LogP contribution in [0.15, 0.2) is 24.3 Å². The summed E-state index contributed by atoms with van der Waals surface area (Å²) in [6, 6.07) is -1.01. The number of hydrogen-bond acceptors (Lipinski definition) is 5. The first-order valence-corrected chi connectivity index (χ1v) is 29.2. The quantitative estimate of drug-likeness (QED) is 0.0308. The van der Waals surface area contributed by atoms with Crippen LogP contribution >= 0.6 is 0 Å². The molecule has 5 N–H and O–H groups in total. The predicted octanol–water partition coefficient (Wildman–Crippen LogP) is 17.0. The molecule has 0 radical (unpaired) electrons. The van der Waals surface area contributed by atoms with Gasteiger partial charge in [-0.1, -0.05) is 289 Å². The number of unbranched alkanes of at least 4 members (excludes halogenated alkanes) is 41. The highest BCUT2D eigenvalue weighted by Gasteiger charge is 2.28. The highest BCUT2D eigenvalue weighted by atomic mass is 16.3. The number of aliphatic hydroxyl groups excluding tert-OH is 4. The minimum atomic E-state index is -1.29. The molecule has 1 amide bonds. The Kier molecular flexibility index (Phi) is 52.7. The zero-order chi connectivity index (χ0) is 47.4. The van der Waals surface area contributed by atoms with Crippen LogP contribution in [0.5, 0.6) is 0 Å². The molecule has 0 heterocycles. The number of nitrogens with one attached hydrogen (secondary N) is 1. The summed E-state index contributed by atoms with van der Waals surface area (Å²) in [4.78, 5) is 12.6. The fourth-order valence-corrected chi connectivity index (χ4v) is 9.31. The van der Waals surface area contributed by atoms with Crippen LogP contribution < -0.4 is 5.32 Å². The molecule has 0 aromatic rings. The van der Waals surface area contributed by atoms with Crippen LogP contribution in [-0.4, -0.2) is 57.3 Å². The van der Waals surface area contributed by atoms with Crippen LogP contribution in [0.2, 0.25) is 0 Å². The summed E-state index contributed by atoms with van der Waals surface area (Å²) < 4.78 is 0. The molecule has 65 heavy (non-hydrogen) atoms. The first-order valence-electron chi connectivity index (χ1n) is 29.2. The van der Waals surface area contributed by atoms with Gasteiger partial charge < -0.3 is 25.7 Å². The maximum Gasteiger partial charge on any atom is 0.249 e. The third-order valence-corrected chi connectivity index (χ3v) is 13.9. The molecule has 4 atom stereocenters. The summed E-state index contributed by atoms with van der Waals surface area (Å²) in [7, 11) is 0. The smallest absolute Gasteiger partial charge is 0.249 e. The van der Waals surface area contributed by atoms with Gasteiger partial charge in [0.05, 0.1) is 18.8 Å². The molecule has 0 aromatic heterocycles. The van der Waals surface area contributed by atoms with Crippen molar-refractivity contribution in [3.63, 3.8) is 0 Å². The number of allylic oxidation sites excluding steroid dienone is 4. The summed E-state index contributed by atoms with van der Waals surface area (Å²) in [6.45, 7) is 4.07. The Morgan fingerprint density at radius 1 is 0.369 bits per heavy atom. The Bertz CT molecular complexity index is 986. The van der Waals surface area contributed by atoms with E-state index in [1.54, 1.807) is 0 Å². The van der Waals surface area contributed by atoms with Gasteiger partial charge in [-0.25, -0.2) is 0 Å². The van der Waals surface area contributed by atoms with Crippen LogP contribution in [0.3, 0.4) is 0 Å². The van der Waals surface area contributed by atoms with E-state index in [1.807, 2.05) is 0 Å². The van der Waals surface area contributed by atoms with E-state index in [-0.39, 0.29) is 0 Å². The molecule has 0 spiro atoms. The fraction of sp³-hybridized carbons (Fsp3) is 0.915. The molecule has 0 saturated carbocycles. The first kappa shape index (κ1) is 63.8. The van der Waals surface area contributed by atoms with Gasteiger partial charge in [-0.15, -0.1) is 0 Å². The monoisotopic (exact) mass is 918 g/mol. The van der Waals surface area contributed by atoms with Gasteiger partial charge >= 0.3 is 0 Å². The summed E-state index contributed by atoms with van der Waals surface area (Å²) >= 11 is 0. The summed E-state index contributed by atoms with van der Waals surface area (Å²) in [5.41, 5.74) is 0. The molecular weight excluding hydrogens is 803 g/mol. The van der Waals surface area contributed by atoms with Crippen molar-refractivity contribution in [2.24, 2.45) is 0 Å². The maximum atomic E-state index is 12.6. The van der Waals surface area contributed by atoms with E-state index >= 15 is 0 Å². The number of hydrogen-bond donors (Lipinski definition) is 5. The highest BCUT2D eigenvalue weighted by molar-refractivity contribution is 5.80. The van der Waals surface area contributed by atoms with Gasteiger partial charge in [-0.2, -0.15) is 0 Å². The van der Waals surface area contributed by atoms with E-state index in [1.165, 1.54) is 244 Å². The van der Waals surface area contributed by atoms with Crippen molar-refractivity contribution in [1.82, 2.24) is 5.32 Å². The second-order valence-corrected chi connectivity index (χ2v) is 20.3. The number of carbonyl (C=O) groups is 1. The predicted molar refractivity (Wildman–Crippen MR) is 284 cm³/mol. The standard InChI is InChI=1S/C59H115NO5/c1-3-5-7-9-11-13-15-17-19-21-22-23-24-25-26-27-28-29-30-31-32-33-34-35-37-38-40-42-44-46-48-50-52-56(62)58(64)55(54-61)60-59(65)57(63)53-51-49-47-45-43-41-39-36-20-18-16-14-12-10-8-6-4-2/h37-38,44,46,55-58,61-64H,3-36,39-43,45,47-54H2,1-2H3,(H,60,65)/b38-37+,46-44+. The van der Waals surface area contributed by atoms with E-state index in [4.69, 9.17) is 0 Å². The Morgan fingerprint density at radius 3 is 0.969 bits per heavy atom. The minimum absolute atomic E-state index is 0.364. The van der Waals surface area contributed by atoms with Crippen LogP contribution in [0.25, 0.3) is 0 Å². The Balaban J connectivity index is 3.62. The molecule has 0 rings (SSSR count). The largest absolute Gasteiger partial charge is 0.394 e. The molecule has 0 aliphatic rings. The lowest BCUT2D eigenvalue weighted by Gasteiger charge is -2.27. The average molecular weight is 919 g/mol. The topological polar surface area (TPSA) is 110 Å². The van der Waals surface area contributed by atoms with E-state index in [2.05, 4.69) is 43.5 Å². The van der Waals surface area contributed by atoms with Crippen molar-refractivity contribution in [3.8, 4) is 0 Å². The molecule has 6 heteroatoms. The van der Waals surface area contributed by atoms with E-state index in [9.17, 15) is 25.2 Å². The van der Waals surface area contributed by atoms with Crippen LogP contribution in [0.4, 0.5) is 0 Å².